The van der Waals surface area contributed by atoms with Crippen molar-refractivity contribution in [2.24, 2.45) is 0 Å². The minimum atomic E-state index is 0.102. The summed E-state index contributed by atoms with van der Waals surface area (Å²) >= 11 is 0. The fourth-order valence-electron chi connectivity index (χ4n) is 1.72. The second-order valence-corrected chi connectivity index (χ2v) is 4.12. The number of nitrogens with two attached hydrogens (primary N) is 1. The third-order valence-corrected chi connectivity index (χ3v) is 2.79. The first kappa shape index (κ1) is 10.0. The van der Waals surface area contributed by atoms with E-state index in [0.29, 0.717) is 18.2 Å². The summed E-state index contributed by atoms with van der Waals surface area (Å²) in [5.74, 6) is 0.102. The number of amides is 1. The van der Waals surface area contributed by atoms with Gasteiger partial charge in [-0.05, 0) is 37.0 Å². The van der Waals surface area contributed by atoms with E-state index in [9.17, 15) is 4.79 Å². The van der Waals surface area contributed by atoms with Crippen LogP contribution in [0.4, 0.5) is 5.69 Å². The van der Waals surface area contributed by atoms with Gasteiger partial charge in [0.1, 0.15) is 0 Å². The smallest absolute Gasteiger partial charge is 0.224 e. The zero-order valence-electron chi connectivity index (χ0n) is 8.70. The van der Waals surface area contributed by atoms with E-state index in [1.54, 1.807) is 0 Å². The summed E-state index contributed by atoms with van der Waals surface area (Å²) in [7, 11) is 0. The molecule has 15 heavy (non-hydrogen) atoms. The van der Waals surface area contributed by atoms with Gasteiger partial charge in [0, 0.05) is 11.7 Å². The van der Waals surface area contributed by atoms with E-state index in [2.05, 4.69) is 5.32 Å². The van der Waals surface area contributed by atoms with Gasteiger partial charge in [-0.3, -0.25) is 4.79 Å². The largest absolute Gasteiger partial charge is 0.399 e. The maximum atomic E-state index is 11.6. The van der Waals surface area contributed by atoms with Crippen LogP contribution in [0.3, 0.4) is 0 Å². The molecule has 0 aliphatic heterocycles. The Balaban J connectivity index is 1.87. The van der Waals surface area contributed by atoms with Crippen LogP contribution in [0.15, 0.2) is 24.3 Å². The monoisotopic (exact) mass is 204 g/mol. The van der Waals surface area contributed by atoms with Crippen LogP contribution in [-0.4, -0.2) is 11.9 Å². The molecule has 3 heteroatoms. The van der Waals surface area contributed by atoms with Crippen molar-refractivity contribution in [3.05, 3.63) is 29.8 Å². The predicted octanol–water partition coefficient (Wildman–Crippen LogP) is 1.48. The average molecular weight is 204 g/mol. The van der Waals surface area contributed by atoms with Crippen molar-refractivity contribution in [2.75, 3.05) is 5.73 Å². The molecular formula is C12H16N2O. The number of hydrogen-bond acceptors (Lipinski definition) is 2. The maximum absolute atomic E-state index is 11.6. The van der Waals surface area contributed by atoms with Crippen LogP contribution in [0.2, 0.25) is 0 Å². The minimum Gasteiger partial charge on any atom is -0.399 e. The van der Waals surface area contributed by atoms with E-state index < -0.39 is 0 Å². The van der Waals surface area contributed by atoms with Crippen LogP contribution in [0.25, 0.3) is 0 Å². The molecule has 1 amide bonds. The molecule has 1 fully saturated rings. The molecular weight excluding hydrogens is 188 g/mol. The van der Waals surface area contributed by atoms with E-state index in [4.69, 9.17) is 5.73 Å². The van der Waals surface area contributed by atoms with Crippen LogP contribution in [0.5, 0.6) is 0 Å². The van der Waals surface area contributed by atoms with Gasteiger partial charge in [0.2, 0.25) is 5.91 Å². The Morgan fingerprint density at radius 1 is 1.47 bits per heavy atom. The Hall–Kier alpha value is -1.51. The normalized spacial score (nSPS) is 15.7. The van der Waals surface area contributed by atoms with Crippen molar-refractivity contribution in [1.29, 1.82) is 0 Å². The van der Waals surface area contributed by atoms with E-state index in [1.807, 2.05) is 24.3 Å². The molecule has 3 N–H and O–H groups in total. The lowest BCUT2D eigenvalue weighted by molar-refractivity contribution is -0.121. The second kappa shape index (κ2) is 4.34. The van der Waals surface area contributed by atoms with Gasteiger partial charge in [-0.2, -0.15) is 0 Å². The zero-order chi connectivity index (χ0) is 10.7. The molecule has 3 nitrogen and oxygen atoms in total. The maximum Gasteiger partial charge on any atom is 0.224 e. The summed E-state index contributed by atoms with van der Waals surface area (Å²) in [6, 6.07) is 7.89. The van der Waals surface area contributed by atoms with Crippen molar-refractivity contribution < 1.29 is 4.79 Å². The molecule has 0 saturated heterocycles. The standard InChI is InChI=1S/C12H16N2O/c13-10-4-1-3-9(7-10)8-12(15)14-11-5-2-6-11/h1,3-4,7,11H,2,5-6,8,13H2,(H,14,15). The van der Waals surface area contributed by atoms with Gasteiger partial charge in [-0.25, -0.2) is 0 Å². The van der Waals surface area contributed by atoms with Gasteiger partial charge in [0.05, 0.1) is 6.42 Å². The average Bonchev–Trinajstić information content (AvgIpc) is 2.11. The molecule has 80 valence electrons. The van der Waals surface area contributed by atoms with Crippen LogP contribution in [-0.2, 0) is 11.2 Å². The van der Waals surface area contributed by atoms with Crippen LogP contribution >= 0.6 is 0 Å². The summed E-state index contributed by atoms with van der Waals surface area (Å²) in [4.78, 5) is 11.6. The fraction of sp³-hybridized carbons (Fsp3) is 0.417. The van der Waals surface area contributed by atoms with Crippen molar-refractivity contribution >= 4 is 11.6 Å². The molecule has 1 aliphatic carbocycles. The van der Waals surface area contributed by atoms with E-state index in [0.717, 1.165) is 18.4 Å². The molecule has 0 atom stereocenters. The lowest BCUT2D eigenvalue weighted by atomic mass is 9.93. The quantitative estimate of drug-likeness (QED) is 0.733. The first-order valence-electron chi connectivity index (χ1n) is 5.38. The van der Waals surface area contributed by atoms with Crippen LogP contribution in [0.1, 0.15) is 24.8 Å². The molecule has 0 bridgehead atoms. The molecule has 1 aromatic rings. The number of nitrogens with one attached hydrogen (secondary N) is 1. The van der Waals surface area contributed by atoms with Gasteiger partial charge in [0.15, 0.2) is 0 Å². The molecule has 0 aromatic heterocycles. The van der Waals surface area contributed by atoms with E-state index in [-0.39, 0.29) is 5.91 Å². The molecule has 1 saturated carbocycles. The third kappa shape index (κ3) is 2.72. The van der Waals surface area contributed by atoms with Gasteiger partial charge in [0.25, 0.3) is 0 Å². The molecule has 1 aromatic carbocycles. The molecule has 0 radical (unpaired) electrons. The minimum absolute atomic E-state index is 0.102. The lowest BCUT2D eigenvalue weighted by Crippen LogP contribution is -2.40. The highest BCUT2D eigenvalue weighted by atomic mass is 16.1. The van der Waals surface area contributed by atoms with Gasteiger partial charge in [-0.1, -0.05) is 12.1 Å². The Bertz CT molecular complexity index is 358. The summed E-state index contributed by atoms with van der Waals surface area (Å²) in [6.45, 7) is 0. The van der Waals surface area contributed by atoms with Gasteiger partial charge < -0.3 is 11.1 Å². The Morgan fingerprint density at radius 2 is 2.27 bits per heavy atom. The highest BCUT2D eigenvalue weighted by molar-refractivity contribution is 5.79. The van der Waals surface area contributed by atoms with Crippen LogP contribution < -0.4 is 11.1 Å². The van der Waals surface area contributed by atoms with Crippen molar-refractivity contribution in [3.8, 4) is 0 Å². The SMILES string of the molecule is Nc1cccc(CC(=O)NC2CCC2)c1. The first-order chi connectivity index (χ1) is 7.24. The van der Waals surface area contributed by atoms with Gasteiger partial charge >= 0.3 is 0 Å². The number of benzene rings is 1. The number of carbonyl (C=O) groups is 1. The van der Waals surface area contributed by atoms with Crippen LogP contribution in [0, 0.1) is 0 Å². The number of carbonyl (C=O) groups excluding carboxylic acids is 1. The summed E-state index contributed by atoms with van der Waals surface area (Å²) < 4.78 is 0. The summed E-state index contributed by atoms with van der Waals surface area (Å²) in [5, 5.41) is 3.00. The van der Waals surface area contributed by atoms with E-state index in [1.165, 1.54) is 6.42 Å². The van der Waals surface area contributed by atoms with Gasteiger partial charge in [-0.15, -0.1) is 0 Å². The highest BCUT2D eigenvalue weighted by Gasteiger charge is 2.19. The van der Waals surface area contributed by atoms with E-state index >= 15 is 0 Å². The molecule has 1 aliphatic rings. The number of hydrogen-bond donors (Lipinski definition) is 2. The highest BCUT2D eigenvalue weighted by Crippen LogP contribution is 2.18. The summed E-state index contributed by atoms with van der Waals surface area (Å²) in [6.07, 6.45) is 3.93. The number of nitrogen functional groups attached to an aromatic ring is 1. The van der Waals surface area contributed by atoms with Crippen molar-refractivity contribution in [1.82, 2.24) is 5.32 Å². The summed E-state index contributed by atoms with van der Waals surface area (Å²) in [5.41, 5.74) is 7.33. The molecule has 2 rings (SSSR count). The topological polar surface area (TPSA) is 55.1 Å². The second-order valence-electron chi connectivity index (χ2n) is 4.12. The lowest BCUT2D eigenvalue weighted by Gasteiger charge is -2.26. The molecule has 0 heterocycles. The number of rotatable bonds is 3. The predicted molar refractivity (Wildman–Crippen MR) is 60.3 cm³/mol. The zero-order valence-corrected chi connectivity index (χ0v) is 8.70. The number of anilines is 1. The fourth-order valence-corrected chi connectivity index (χ4v) is 1.72. The molecule has 0 unspecified atom stereocenters. The third-order valence-electron chi connectivity index (χ3n) is 2.79. The first-order valence-corrected chi connectivity index (χ1v) is 5.38. The molecule has 0 spiro atoms. The Morgan fingerprint density at radius 3 is 2.87 bits per heavy atom. The Labute approximate surface area is 89.7 Å². The van der Waals surface area contributed by atoms with Crippen molar-refractivity contribution in [3.63, 3.8) is 0 Å². The van der Waals surface area contributed by atoms with Crippen molar-refractivity contribution in [2.45, 2.75) is 31.7 Å². The Kier molecular flexibility index (Phi) is 2.90.